The van der Waals surface area contributed by atoms with E-state index in [1.807, 2.05) is 24.3 Å². The monoisotopic (exact) mass is 512 g/mol. The van der Waals surface area contributed by atoms with Crippen LogP contribution in [0.4, 0.5) is 11.5 Å². The van der Waals surface area contributed by atoms with E-state index in [0.717, 1.165) is 42.5 Å². The van der Waals surface area contributed by atoms with Crippen molar-refractivity contribution < 1.29 is 4.79 Å². The van der Waals surface area contributed by atoms with Gasteiger partial charge < -0.3 is 16.0 Å². The standard InChI is InChI=1S/C25H26BrClN4O/c26-19-7-5-17(6-8-19)15-23(18-11-13-28-14-12-18)30-22-4-2-1-3-21(22)25(32)31-24-10-9-20(27)16-29-24/h1-10,16,18,23,28,30H,11-15H2,(H,29,31,32). The van der Waals surface area contributed by atoms with Gasteiger partial charge in [-0.3, -0.25) is 4.79 Å². The number of aromatic nitrogens is 1. The van der Waals surface area contributed by atoms with Crippen LogP contribution in [0.5, 0.6) is 0 Å². The van der Waals surface area contributed by atoms with Crippen molar-refractivity contribution in [3.63, 3.8) is 0 Å². The lowest BCUT2D eigenvalue weighted by Crippen LogP contribution is -2.39. The molecule has 166 valence electrons. The average Bonchev–Trinajstić information content (AvgIpc) is 2.82. The molecule has 0 radical (unpaired) electrons. The highest BCUT2D eigenvalue weighted by molar-refractivity contribution is 9.10. The summed E-state index contributed by atoms with van der Waals surface area (Å²) >= 11 is 9.42. The summed E-state index contributed by atoms with van der Waals surface area (Å²) in [5.41, 5.74) is 2.70. The van der Waals surface area contributed by atoms with Crippen LogP contribution >= 0.6 is 27.5 Å². The second-order valence-electron chi connectivity index (χ2n) is 8.03. The molecule has 3 aromatic rings. The topological polar surface area (TPSA) is 66.0 Å². The van der Waals surface area contributed by atoms with Crippen LogP contribution in [-0.2, 0) is 6.42 Å². The Labute approximate surface area is 202 Å². The molecule has 1 atom stereocenters. The van der Waals surface area contributed by atoms with Gasteiger partial charge in [0.05, 0.1) is 10.6 Å². The van der Waals surface area contributed by atoms with Crippen LogP contribution in [0.15, 0.2) is 71.3 Å². The van der Waals surface area contributed by atoms with E-state index in [9.17, 15) is 4.79 Å². The third kappa shape index (κ3) is 6.09. The zero-order chi connectivity index (χ0) is 22.3. The minimum Gasteiger partial charge on any atom is -0.381 e. The number of carbonyl (C=O) groups excluding carboxylic acids is 1. The maximum atomic E-state index is 13.0. The summed E-state index contributed by atoms with van der Waals surface area (Å²) in [7, 11) is 0. The van der Waals surface area contributed by atoms with Gasteiger partial charge in [-0.25, -0.2) is 4.98 Å². The highest BCUT2D eigenvalue weighted by Crippen LogP contribution is 2.26. The second-order valence-corrected chi connectivity index (χ2v) is 9.38. The number of pyridine rings is 1. The number of para-hydroxylation sites is 1. The molecule has 2 heterocycles. The molecule has 1 fully saturated rings. The Balaban J connectivity index is 1.55. The molecule has 32 heavy (non-hydrogen) atoms. The fourth-order valence-electron chi connectivity index (χ4n) is 4.10. The van der Waals surface area contributed by atoms with E-state index in [2.05, 4.69) is 61.1 Å². The van der Waals surface area contributed by atoms with Crippen molar-refractivity contribution in [3.05, 3.63) is 87.5 Å². The smallest absolute Gasteiger partial charge is 0.258 e. The molecule has 2 aromatic carbocycles. The number of halogens is 2. The zero-order valence-corrected chi connectivity index (χ0v) is 20.0. The second kappa shape index (κ2) is 10.9. The first-order valence-corrected chi connectivity index (χ1v) is 12.0. The lowest BCUT2D eigenvalue weighted by molar-refractivity contribution is 0.102. The SMILES string of the molecule is O=C(Nc1ccc(Cl)cn1)c1ccccc1NC(Cc1ccc(Br)cc1)C1CCNCC1. The number of nitrogens with zero attached hydrogens (tertiary/aromatic N) is 1. The van der Waals surface area contributed by atoms with E-state index in [0.29, 0.717) is 22.3 Å². The molecule has 5 nitrogen and oxygen atoms in total. The van der Waals surface area contributed by atoms with Crippen molar-refractivity contribution in [3.8, 4) is 0 Å². The van der Waals surface area contributed by atoms with Gasteiger partial charge in [-0.2, -0.15) is 0 Å². The maximum absolute atomic E-state index is 13.0. The van der Waals surface area contributed by atoms with Crippen LogP contribution < -0.4 is 16.0 Å². The third-order valence-corrected chi connectivity index (χ3v) is 6.56. The minimum absolute atomic E-state index is 0.198. The fraction of sp³-hybridized carbons (Fsp3) is 0.280. The highest BCUT2D eigenvalue weighted by atomic mass is 79.9. The number of hydrogen-bond donors (Lipinski definition) is 3. The first-order valence-electron chi connectivity index (χ1n) is 10.8. The predicted molar refractivity (Wildman–Crippen MR) is 134 cm³/mol. The van der Waals surface area contributed by atoms with E-state index < -0.39 is 0 Å². The Morgan fingerprint density at radius 2 is 1.84 bits per heavy atom. The number of nitrogens with one attached hydrogen (secondary N) is 3. The van der Waals surface area contributed by atoms with E-state index in [-0.39, 0.29) is 11.9 Å². The summed E-state index contributed by atoms with van der Waals surface area (Å²) in [5.74, 6) is 0.795. The Morgan fingerprint density at radius 3 is 2.56 bits per heavy atom. The molecule has 1 unspecified atom stereocenters. The van der Waals surface area contributed by atoms with Crippen LogP contribution in [0.3, 0.4) is 0 Å². The number of amides is 1. The molecular formula is C25H26BrClN4O. The molecule has 1 saturated heterocycles. The lowest BCUT2D eigenvalue weighted by atomic mass is 9.86. The summed E-state index contributed by atoms with van der Waals surface area (Å²) in [6, 6.07) is 19.7. The molecule has 1 aliphatic heterocycles. The van der Waals surface area contributed by atoms with Gasteiger partial charge in [-0.1, -0.05) is 51.8 Å². The molecular weight excluding hydrogens is 488 g/mol. The third-order valence-electron chi connectivity index (χ3n) is 5.80. The molecule has 1 aromatic heterocycles. The first-order chi connectivity index (χ1) is 15.6. The van der Waals surface area contributed by atoms with Crippen molar-refractivity contribution in [2.45, 2.75) is 25.3 Å². The number of hydrogen-bond acceptors (Lipinski definition) is 4. The van der Waals surface area contributed by atoms with Gasteiger partial charge in [-0.15, -0.1) is 0 Å². The molecule has 0 aliphatic carbocycles. The summed E-state index contributed by atoms with van der Waals surface area (Å²) in [5, 5.41) is 10.6. The van der Waals surface area contributed by atoms with Crippen LogP contribution in [-0.4, -0.2) is 30.0 Å². The van der Waals surface area contributed by atoms with Crippen molar-refractivity contribution >= 4 is 44.9 Å². The van der Waals surface area contributed by atoms with Crippen LogP contribution in [0.1, 0.15) is 28.8 Å². The number of anilines is 2. The summed E-state index contributed by atoms with van der Waals surface area (Å²) in [6.45, 7) is 2.04. The summed E-state index contributed by atoms with van der Waals surface area (Å²) in [6.07, 6.45) is 4.63. The number of piperidine rings is 1. The Bertz CT molecular complexity index is 1040. The van der Waals surface area contributed by atoms with Crippen LogP contribution in [0.2, 0.25) is 5.02 Å². The number of rotatable bonds is 7. The fourth-order valence-corrected chi connectivity index (χ4v) is 4.47. The first kappa shape index (κ1) is 22.8. The Kier molecular flexibility index (Phi) is 7.79. The summed E-state index contributed by atoms with van der Waals surface area (Å²) in [4.78, 5) is 17.2. The van der Waals surface area contributed by atoms with Gasteiger partial charge in [0.1, 0.15) is 5.82 Å². The van der Waals surface area contributed by atoms with Gasteiger partial charge in [0.15, 0.2) is 0 Å². The molecule has 3 N–H and O–H groups in total. The van der Waals surface area contributed by atoms with E-state index >= 15 is 0 Å². The predicted octanol–water partition coefficient (Wildman–Crippen LogP) is 5.77. The van der Waals surface area contributed by atoms with Crippen molar-refractivity contribution in [1.82, 2.24) is 10.3 Å². The quantitative estimate of drug-likeness (QED) is 0.375. The number of benzene rings is 2. The van der Waals surface area contributed by atoms with Gasteiger partial charge in [0.2, 0.25) is 0 Å². The van der Waals surface area contributed by atoms with Crippen LogP contribution in [0.25, 0.3) is 0 Å². The Morgan fingerprint density at radius 1 is 1.09 bits per heavy atom. The molecule has 1 aliphatic rings. The molecule has 0 spiro atoms. The van der Waals surface area contributed by atoms with E-state index in [1.165, 1.54) is 11.8 Å². The van der Waals surface area contributed by atoms with E-state index in [4.69, 9.17) is 11.6 Å². The van der Waals surface area contributed by atoms with E-state index in [1.54, 1.807) is 12.1 Å². The van der Waals surface area contributed by atoms with Gasteiger partial charge in [0, 0.05) is 22.4 Å². The normalized spacial score (nSPS) is 15.2. The van der Waals surface area contributed by atoms with Gasteiger partial charge >= 0.3 is 0 Å². The van der Waals surface area contributed by atoms with Gasteiger partial charge in [0.25, 0.3) is 5.91 Å². The molecule has 7 heteroatoms. The Hall–Kier alpha value is -2.41. The van der Waals surface area contributed by atoms with Gasteiger partial charge in [-0.05, 0) is 80.2 Å². The number of carbonyl (C=O) groups is 1. The molecule has 1 amide bonds. The largest absolute Gasteiger partial charge is 0.381 e. The van der Waals surface area contributed by atoms with Crippen molar-refractivity contribution in [1.29, 1.82) is 0 Å². The zero-order valence-electron chi connectivity index (χ0n) is 17.7. The minimum atomic E-state index is -0.198. The highest BCUT2D eigenvalue weighted by Gasteiger charge is 2.25. The molecule has 0 saturated carbocycles. The summed E-state index contributed by atoms with van der Waals surface area (Å²) < 4.78 is 1.07. The lowest BCUT2D eigenvalue weighted by Gasteiger charge is -2.33. The molecule has 0 bridgehead atoms. The molecule has 4 rings (SSSR count). The van der Waals surface area contributed by atoms with Crippen molar-refractivity contribution in [2.24, 2.45) is 5.92 Å². The van der Waals surface area contributed by atoms with Crippen molar-refractivity contribution in [2.75, 3.05) is 23.7 Å². The average molecular weight is 514 g/mol. The van der Waals surface area contributed by atoms with Crippen LogP contribution in [0, 0.1) is 5.92 Å². The maximum Gasteiger partial charge on any atom is 0.258 e.